The fraction of sp³-hybridized carbons (Fsp3) is 0.708. The summed E-state index contributed by atoms with van der Waals surface area (Å²) in [5.41, 5.74) is 1.99. The van der Waals surface area contributed by atoms with Crippen molar-refractivity contribution < 1.29 is 9.84 Å². The minimum Gasteiger partial charge on any atom is -0.491 e. The summed E-state index contributed by atoms with van der Waals surface area (Å²) < 4.78 is 6.21. The van der Waals surface area contributed by atoms with E-state index in [9.17, 15) is 5.11 Å². The Hall–Kier alpha value is -1.59. The molecule has 0 aliphatic heterocycles. The molecule has 0 radical (unpaired) electrons. The van der Waals surface area contributed by atoms with Gasteiger partial charge < -0.3 is 14.8 Å². The molecule has 2 aliphatic carbocycles. The molecular formula is C24H37N3O2. The summed E-state index contributed by atoms with van der Waals surface area (Å²) in [6, 6.07) is 6.17. The molecule has 29 heavy (non-hydrogen) atoms. The third-order valence-electron chi connectivity index (χ3n) is 6.75. The fourth-order valence-corrected chi connectivity index (χ4v) is 5.13. The maximum absolute atomic E-state index is 9.53. The van der Waals surface area contributed by atoms with Crippen LogP contribution in [-0.2, 0) is 6.54 Å². The highest BCUT2D eigenvalue weighted by atomic mass is 16.5. The highest BCUT2D eigenvalue weighted by molar-refractivity contribution is 5.81. The largest absolute Gasteiger partial charge is 0.491 e. The van der Waals surface area contributed by atoms with Crippen LogP contribution in [0, 0.1) is 11.8 Å². The van der Waals surface area contributed by atoms with Crippen LogP contribution in [0.15, 0.2) is 18.2 Å². The van der Waals surface area contributed by atoms with Gasteiger partial charge in [0.25, 0.3) is 0 Å². The van der Waals surface area contributed by atoms with Crippen molar-refractivity contribution in [3.8, 4) is 5.75 Å². The van der Waals surface area contributed by atoms with Crippen LogP contribution in [0.3, 0.4) is 0 Å². The summed E-state index contributed by atoms with van der Waals surface area (Å²) in [6.45, 7) is 3.53. The summed E-state index contributed by atoms with van der Waals surface area (Å²) in [4.78, 5) is 10.7. The number of fused-ring (bicyclic) bond motifs is 1. The van der Waals surface area contributed by atoms with Gasteiger partial charge in [-0.2, -0.15) is 0 Å². The van der Waals surface area contributed by atoms with Crippen LogP contribution in [0.2, 0.25) is 0 Å². The van der Waals surface area contributed by atoms with E-state index in [0.717, 1.165) is 48.2 Å². The number of ether oxygens (including phenoxy) is 1. The maximum atomic E-state index is 9.53. The lowest BCUT2D eigenvalue weighted by molar-refractivity contribution is 0.152. The smallest absolute Gasteiger partial charge is 0.147 e. The Morgan fingerprint density at radius 3 is 2.45 bits per heavy atom. The summed E-state index contributed by atoms with van der Waals surface area (Å²) in [5, 5.41) is 9.53. The Morgan fingerprint density at radius 2 is 1.72 bits per heavy atom. The first-order chi connectivity index (χ1) is 14.3. The van der Waals surface area contributed by atoms with E-state index in [4.69, 9.17) is 9.72 Å². The number of aromatic nitrogens is 2. The first-order valence-corrected chi connectivity index (χ1v) is 11.8. The van der Waals surface area contributed by atoms with E-state index in [1.807, 2.05) is 12.1 Å². The maximum Gasteiger partial charge on any atom is 0.147 e. The second-order valence-electron chi connectivity index (χ2n) is 9.11. The van der Waals surface area contributed by atoms with E-state index in [0.29, 0.717) is 12.5 Å². The van der Waals surface area contributed by atoms with Gasteiger partial charge in [0.2, 0.25) is 0 Å². The molecule has 5 heteroatoms. The van der Waals surface area contributed by atoms with Gasteiger partial charge in [-0.25, -0.2) is 4.98 Å². The van der Waals surface area contributed by atoms with Crippen molar-refractivity contribution in [3.63, 3.8) is 0 Å². The van der Waals surface area contributed by atoms with Crippen LogP contribution in [-0.4, -0.2) is 46.3 Å². The SMILES string of the molecule is OCCN(Cc1nc2c(OCC3CCCCC3)cccc2[nH]1)CC1CCCCC1. The van der Waals surface area contributed by atoms with Crippen molar-refractivity contribution in [3.05, 3.63) is 24.0 Å². The molecule has 0 atom stereocenters. The lowest BCUT2D eigenvalue weighted by Gasteiger charge is -2.28. The minimum atomic E-state index is 0.197. The van der Waals surface area contributed by atoms with Crippen LogP contribution in [0.25, 0.3) is 11.0 Å². The molecule has 0 unspecified atom stereocenters. The second kappa shape index (κ2) is 10.4. The molecular weight excluding hydrogens is 362 g/mol. The summed E-state index contributed by atoms with van der Waals surface area (Å²) in [7, 11) is 0. The van der Waals surface area contributed by atoms with Crippen molar-refractivity contribution >= 4 is 11.0 Å². The van der Waals surface area contributed by atoms with E-state index in [2.05, 4.69) is 16.0 Å². The average molecular weight is 400 g/mol. The van der Waals surface area contributed by atoms with Gasteiger partial charge in [0.05, 0.1) is 25.3 Å². The molecule has 160 valence electrons. The molecule has 2 N–H and O–H groups in total. The third-order valence-corrected chi connectivity index (χ3v) is 6.75. The van der Waals surface area contributed by atoms with Gasteiger partial charge >= 0.3 is 0 Å². The number of hydrogen-bond donors (Lipinski definition) is 2. The van der Waals surface area contributed by atoms with E-state index >= 15 is 0 Å². The molecule has 1 heterocycles. The molecule has 4 rings (SSSR count). The zero-order valence-corrected chi connectivity index (χ0v) is 17.7. The van der Waals surface area contributed by atoms with E-state index < -0.39 is 0 Å². The summed E-state index contributed by atoms with van der Waals surface area (Å²) >= 11 is 0. The van der Waals surface area contributed by atoms with Crippen molar-refractivity contribution in [1.29, 1.82) is 0 Å². The summed E-state index contributed by atoms with van der Waals surface area (Å²) in [6.07, 6.45) is 13.4. The molecule has 2 aromatic rings. The number of aromatic amines is 1. The quantitative estimate of drug-likeness (QED) is 0.630. The van der Waals surface area contributed by atoms with Gasteiger partial charge in [0.1, 0.15) is 17.1 Å². The molecule has 0 saturated heterocycles. The molecule has 0 spiro atoms. The summed E-state index contributed by atoms with van der Waals surface area (Å²) in [5.74, 6) is 3.32. The van der Waals surface area contributed by atoms with Crippen molar-refractivity contribution in [1.82, 2.24) is 14.9 Å². The lowest BCUT2D eigenvalue weighted by atomic mass is 9.89. The van der Waals surface area contributed by atoms with Crippen LogP contribution in [0.4, 0.5) is 0 Å². The van der Waals surface area contributed by atoms with Crippen molar-refractivity contribution in [2.45, 2.75) is 70.8 Å². The molecule has 5 nitrogen and oxygen atoms in total. The Balaban J connectivity index is 1.41. The van der Waals surface area contributed by atoms with Crippen LogP contribution in [0.1, 0.15) is 70.0 Å². The molecule has 2 aliphatic rings. The molecule has 2 saturated carbocycles. The van der Waals surface area contributed by atoms with Gasteiger partial charge in [-0.15, -0.1) is 0 Å². The molecule has 0 amide bonds. The normalized spacial score (nSPS) is 19.2. The molecule has 1 aromatic carbocycles. The van der Waals surface area contributed by atoms with Gasteiger partial charge in [0, 0.05) is 13.1 Å². The van der Waals surface area contributed by atoms with Crippen LogP contribution >= 0.6 is 0 Å². The van der Waals surface area contributed by atoms with Gasteiger partial charge in [0.15, 0.2) is 0 Å². The molecule has 1 aromatic heterocycles. The minimum absolute atomic E-state index is 0.197. The van der Waals surface area contributed by atoms with Crippen LogP contribution in [0.5, 0.6) is 5.75 Å². The molecule has 0 bridgehead atoms. The van der Waals surface area contributed by atoms with Gasteiger partial charge in [-0.05, 0) is 49.7 Å². The highest BCUT2D eigenvalue weighted by Crippen LogP contribution is 2.29. The Labute approximate surface area is 174 Å². The van der Waals surface area contributed by atoms with Crippen molar-refractivity contribution in [2.75, 3.05) is 26.3 Å². The molecule has 2 fully saturated rings. The standard InChI is InChI=1S/C24H37N3O2/c28-15-14-27(16-19-8-3-1-4-9-19)17-23-25-21-12-7-13-22(24(21)26-23)29-18-20-10-5-2-6-11-20/h7,12-13,19-20,28H,1-6,8-11,14-18H2,(H,25,26). The van der Waals surface area contributed by atoms with Gasteiger partial charge in [-0.3, -0.25) is 4.90 Å². The van der Waals surface area contributed by atoms with Crippen LogP contribution < -0.4 is 4.74 Å². The number of rotatable bonds is 9. The monoisotopic (exact) mass is 399 g/mol. The predicted molar refractivity (Wildman–Crippen MR) is 117 cm³/mol. The Kier molecular flexibility index (Phi) is 7.44. The highest BCUT2D eigenvalue weighted by Gasteiger charge is 2.19. The Morgan fingerprint density at radius 1 is 1.00 bits per heavy atom. The number of para-hydroxylation sites is 1. The number of aliphatic hydroxyl groups excluding tert-OH is 1. The van der Waals surface area contributed by atoms with E-state index in [1.165, 1.54) is 64.2 Å². The average Bonchev–Trinajstić information content (AvgIpc) is 3.17. The van der Waals surface area contributed by atoms with Gasteiger partial charge in [-0.1, -0.05) is 44.6 Å². The lowest BCUT2D eigenvalue weighted by Crippen LogP contribution is -2.32. The van der Waals surface area contributed by atoms with E-state index in [-0.39, 0.29) is 6.61 Å². The third kappa shape index (κ3) is 5.73. The number of nitrogens with zero attached hydrogens (tertiary/aromatic N) is 2. The number of nitrogens with one attached hydrogen (secondary N) is 1. The number of aliphatic hydroxyl groups is 1. The first kappa shape index (κ1) is 20.7. The number of imidazole rings is 1. The number of H-pyrrole nitrogens is 1. The second-order valence-corrected chi connectivity index (χ2v) is 9.11. The predicted octanol–water partition coefficient (Wildman–Crippen LogP) is 4.90. The number of hydrogen-bond acceptors (Lipinski definition) is 4. The van der Waals surface area contributed by atoms with E-state index in [1.54, 1.807) is 0 Å². The zero-order valence-electron chi connectivity index (χ0n) is 17.7. The topological polar surface area (TPSA) is 61.4 Å². The zero-order chi connectivity index (χ0) is 19.9. The Bertz CT molecular complexity index is 748. The number of benzene rings is 1. The fourth-order valence-electron chi connectivity index (χ4n) is 5.13. The van der Waals surface area contributed by atoms with Crippen molar-refractivity contribution in [2.24, 2.45) is 11.8 Å². The first-order valence-electron chi connectivity index (χ1n) is 11.8.